The Labute approximate surface area is 200 Å². The van der Waals surface area contributed by atoms with Crippen molar-refractivity contribution in [3.05, 3.63) is 61.3 Å². The number of aromatic nitrogens is 1. The maximum absolute atomic E-state index is 10.8. The van der Waals surface area contributed by atoms with Gasteiger partial charge in [-0.05, 0) is 32.1 Å². The van der Waals surface area contributed by atoms with Crippen LogP contribution in [0.4, 0.5) is 4.79 Å². The van der Waals surface area contributed by atoms with E-state index in [1.165, 1.54) is 18.1 Å². The number of carbonyl (C=O) groups is 2. The predicted molar refractivity (Wildman–Crippen MR) is 128 cm³/mol. The van der Waals surface area contributed by atoms with Crippen molar-refractivity contribution in [3.8, 4) is 0 Å². The van der Waals surface area contributed by atoms with E-state index in [9.17, 15) is 9.69 Å². The third kappa shape index (κ3) is 13.7. The maximum Gasteiger partial charge on any atom is 0.510 e. The summed E-state index contributed by atoms with van der Waals surface area (Å²) in [6, 6.07) is 8.07. The largest absolute Gasteiger partial charge is 0.510 e. The van der Waals surface area contributed by atoms with Crippen molar-refractivity contribution in [2.45, 2.75) is 12.7 Å². The Morgan fingerprint density at radius 2 is 1.91 bits per heavy atom. The first-order valence-electron chi connectivity index (χ1n) is 9.92. The zero-order valence-electron chi connectivity index (χ0n) is 19.7. The first-order valence-corrected chi connectivity index (χ1v) is 11.3. The Bertz CT molecular complexity index is 852. The molecule has 0 radical (unpaired) electrons. The van der Waals surface area contributed by atoms with Crippen LogP contribution in [0.3, 0.4) is 0 Å². The van der Waals surface area contributed by atoms with Crippen LogP contribution in [-0.4, -0.2) is 73.4 Å². The fourth-order valence-corrected chi connectivity index (χ4v) is 3.16. The maximum atomic E-state index is 10.8. The quantitative estimate of drug-likeness (QED) is 0.0655. The molecule has 0 aliphatic carbocycles. The molecular formula is C22H33N2O9P. The zero-order chi connectivity index (χ0) is 25.8. The minimum atomic E-state index is -1.75. The van der Waals surface area contributed by atoms with Gasteiger partial charge in [0.25, 0.3) is 0 Å². The number of nitrogens with zero attached hydrogens (tertiary/aromatic N) is 2. The van der Waals surface area contributed by atoms with Crippen LogP contribution in [0.15, 0.2) is 55.8 Å². The Balaban J connectivity index is 0.000000917. The van der Waals surface area contributed by atoms with Gasteiger partial charge in [0, 0.05) is 23.6 Å². The normalized spacial score (nSPS) is 10.8. The molecule has 0 bridgehead atoms. The summed E-state index contributed by atoms with van der Waals surface area (Å²) in [6.07, 6.45) is 5.72. The number of aliphatic hydroxyl groups is 1. The third-order valence-corrected chi connectivity index (χ3v) is 4.79. The molecule has 2 aromatic rings. The molecule has 0 saturated heterocycles. The average molecular weight is 500 g/mol. The highest BCUT2D eigenvalue weighted by Crippen LogP contribution is 2.36. The molecule has 12 heteroatoms. The van der Waals surface area contributed by atoms with Crippen LogP contribution < -0.4 is 0 Å². The molecule has 34 heavy (non-hydrogen) atoms. The first kappa shape index (κ1) is 31.2. The standard InChI is InChI=1S/C16H23N2O5P.C4H6.C2H4O4/c1-17(2)9-8-13-10-18(15-7-5-4-6-14(13)15)11-24(20)23-12-22-16(19)21-3;1-3-4-2;3-1-5-6-2-4/h4-7,10,20H,8-9,11-12H2,1-3H3;3-4H,1-2H2;1,4H,2H2. The first-order chi connectivity index (χ1) is 16.3. The predicted octanol–water partition coefficient (Wildman–Crippen LogP) is 3.16. The van der Waals surface area contributed by atoms with E-state index in [-0.39, 0.29) is 13.3 Å². The summed E-state index contributed by atoms with van der Waals surface area (Å²) in [6.45, 7) is 6.82. The van der Waals surface area contributed by atoms with Gasteiger partial charge in [-0.15, -0.1) is 0 Å². The number of carbonyl (C=O) groups excluding carboxylic acids is 2. The molecular weight excluding hydrogens is 467 g/mol. The summed E-state index contributed by atoms with van der Waals surface area (Å²) >= 11 is 0. The molecule has 0 aliphatic heterocycles. The molecule has 1 unspecified atom stereocenters. The van der Waals surface area contributed by atoms with Crippen molar-refractivity contribution >= 4 is 31.9 Å². The number of likely N-dealkylation sites (N-methyl/N-ethyl adjacent to an activating group) is 1. The lowest BCUT2D eigenvalue weighted by Gasteiger charge is -2.12. The number of allylic oxidation sites excluding steroid dienone is 2. The van der Waals surface area contributed by atoms with E-state index >= 15 is 0 Å². The van der Waals surface area contributed by atoms with Gasteiger partial charge in [-0.1, -0.05) is 43.5 Å². The van der Waals surface area contributed by atoms with Crippen molar-refractivity contribution in [1.82, 2.24) is 9.47 Å². The molecule has 1 atom stereocenters. The van der Waals surface area contributed by atoms with Gasteiger partial charge in [0.15, 0.2) is 15.2 Å². The fourth-order valence-electron chi connectivity index (χ4n) is 2.41. The van der Waals surface area contributed by atoms with Gasteiger partial charge in [-0.3, -0.25) is 14.2 Å². The highest BCUT2D eigenvalue weighted by Gasteiger charge is 2.13. The highest BCUT2D eigenvalue weighted by molar-refractivity contribution is 7.45. The lowest BCUT2D eigenvalue weighted by molar-refractivity contribution is -0.291. The summed E-state index contributed by atoms with van der Waals surface area (Å²) in [5, 5.41) is 8.87. The minimum Gasteiger partial charge on any atom is -0.438 e. The number of ether oxygens (including phenoxy) is 2. The second-order valence-electron chi connectivity index (χ2n) is 6.44. The number of hydrogen-bond acceptors (Lipinski definition) is 10. The van der Waals surface area contributed by atoms with Gasteiger partial charge in [0.1, 0.15) is 0 Å². The Morgan fingerprint density at radius 3 is 2.44 bits per heavy atom. The van der Waals surface area contributed by atoms with Gasteiger partial charge < -0.3 is 28.9 Å². The van der Waals surface area contributed by atoms with Gasteiger partial charge in [0.05, 0.1) is 13.4 Å². The molecule has 0 fully saturated rings. The Hall–Kier alpha value is -2.79. The highest BCUT2D eigenvalue weighted by atomic mass is 31.2. The Kier molecular flexibility index (Phi) is 18.0. The van der Waals surface area contributed by atoms with E-state index in [0.717, 1.165) is 18.5 Å². The molecule has 1 aromatic heterocycles. The van der Waals surface area contributed by atoms with Crippen molar-refractivity contribution in [2.24, 2.45) is 0 Å². The smallest absolute Gasteiger partial charge is 0.438 e. The van der Waals surface area contributed by atoms with E-state index < -0.39 is 21.3 Å². The van der Waals surface area contributed by atoms with E-state index in [1.807, 2.05) is 43.1 Å². The fraction of sp³-hybridized carbons (Fsp3) is 0.364. The van der Waals surface area contributed by atoms with Crippen LogP contribution in [0, 0.1) is 0 Å². The minimum absolute atomic E-state index is 0.0796. The van der Waals surface area contributed by atoms with Crippen LogP contribution >= 0.6 is 8.38 Å². The molecule has 1 heterocycles. The van der Waals surface area contributed by atoms with E-state index in [4.69, 9.17) is 14.4 Å². The molecule has 11 nitrogen and oxygen atoms in total. The van der Waals surface area contributed by atoms with E-state index in [1.54, 1.807) is 12.2 Å². The van der Waals surface area contributed by atoms with Gasteiger partial charge >= 0.3 is 12.6 Å². The van der Waals surface area contributed by atoms with Crippen molar-refractivity contribution in [1.29, 1.82) is 0 Å². The number of para-hydroxylation sites is 1. The third-order valence-electron chi connectivity index (χ3n) is 3.84. The summed E-state index contributed by atoms with van der Waals surface area (Å²) in [7, 11) is 3.55. The van der Waals surface area contributed by atoms with Crippen LogP contribution in [0.25, 0.3) is 10.9 Å². The lowest BCUT2D eigenvalue weighted by atomic mass is 10.1. The number of aliphatic hydroxyl groups excluding tert-OH is 1. The summed E-state index contributed by atoms with van der Waals surface area (Å²) in [4.78, 5) is 39.4. The van der Waals surface area contributed by atoms with Gasteiger partial charge in [-0.25, -0.2) is 4.79 Å². The van der Waals surface area contributed by atoms with Crippen molar-refractivity contribution in [2.75, 3.05) is 41.3 Å². The Morgan fingerprint density at radius 1 is 1.24 bits per heavy atom. The van der Waals surface area contributed by atoms with Crippen LogP contribution in [0.5, 0.6) is 0 Å². The molecule has 2 rings (SSSR count). The summed E-state index contributed by atoms with van der Waals surface area (Å²) in [5.74, 6) is 0. The van der Waals surface area contributed by atoms with E-state index in [0.29, 0.717) is 6.29 Å². The second-order valence-corrected chi connectivity index (χ2v) is 7.69. The van der Waals surface area contributed by atoms with Crippen molar-refractivity contribution in [3.63, 3.8) is 0 Å². The summed E-state index contributed by atoms with van der Waals surface area (Å²) < 4.78 is 16.1. The van der Waals surface area contributed by atoms with Crippen LogP contribution in [-0.2, 0) is 41.3 Å². The molecule has 0 saturated carbocycles. The number of fused-ring (bicyclic) bond motifs is 1. The average Bonchev–Trinajstić information content (AvgIpc) is 3.19. The second kappa shape index (κ2) is 19.7. The zero-order valence-corrected chi connectivity index (χ0v) is 20.6. The van der Waals surface area contributed by atoms with Gasteiger partial charge in [-0.2, -0.15) is 4.89 Å². The number of rotatable bonds is 12. The topological polar surface area (TPSA) is 129 Å². The monoisotopic (exact) mass is 500 g/mol. The van der Waals surface area contributed by atoms with E-state index in [2.05, 4.69) is 43.4 Å². The molecule has 2 N–H and O–H groups in total. The molecule has 1 aromatic carbocycles. The lowest BCUT2D eigenvalue weighted by Crippen LogP contribution is -2.14. The number of methoxy groups -OCH3 is 1. The molecule has 190 valence electrons. The molecule has 0 amide bonds. The molecule has 0 aliphatic rings. The van der Waals surface area contributed by atoms with Gasteiger partial charge in [0.2, 0.25) is 6.79 Å². The number of hydrogen-bond donors (Lipinski definition) is 2. The SMILES string of the molecule is C=CC=C.COC(=O)OCOP(O)Cn1cc(CCN(C)C)c2ccccc21.O=COOCO. The summed E-state index contributed by atoms with van der Waals surface area (Å²) in [5.41, 5.74) is 2.28. The van der Waals surface area contributed by atoms with Crippen LogP contribution in [0.2, 0.25) is 0 Å². The molecule has 0 spiro atoms. The van der Waals surface area contributed by atoms with Crippen molar-refractivity contribution < 1.29 is 43.4 Å². The van der Waals surface area contributed by atoms with Crippen LogP contribution in [0.1, 0.15) is 5.56 Å². The number of benzene rings is 1.